The Morgan fingerprint density at radius 2 is 2.40 bits per heavy atom. The zero-order valence-electron chi connectivity index (χ0n) is 9.23. The van der Waals surface area contributed by atoms with Crippen LogP contribution in [0.1, 0.15) is 11.3 Å². The molecule has 0 aliphatic carbocycles. The van der Waals surface area contributed by atoms with Gasteiger partial charge in [0.25, 0.3) is 0 Å². The van der Waals surface area contributed by atoms with Crippen LogP contribution in [-0.4, -0.2) is 36.5 Å². The molecule has 15 heavy (non-hydrogen) atoms. The van der Waals surface area contributed by atoms with Gasteiger partial charge in [-0.25, -0.2) is 0 Å². The third-order valence-corrected chi connectivity index (χ3v) is 2.15. The third kappa shape index (κ3) is 4.38. The predicted molar refractivity (Wildman–Crippen MR) is 58.6 cm³/mol. The molecule has 1 atom stereocenters. The van der Waals surface area contributed by atoms with E-state index >= 15 is 0 Å². The van der Waals surface area contributed by atoms with E-state index < -0.39 is 6.10 Å². The van der Waals surface area contributed by atoms with E-state index in [4.69, 9.17) is 4.74 Å². The lowest BCUT2D eigenvalue weighted by atomic mass is 10.2. The second-order valence-corrected chi connectivity index (χ2v) is 3.51. The van der Waals surface area contributed by atoms with Crippen molar-refractivity contribution in [1.82, 2.24) is 10.3 Å². The summed E-state index contributed by atoms with van der Waals surface area (Å²) in [5.41, 5.74) is 2.17. The molecule has 0 saturated carbocycles. The number of pyridine rings is 1. The van der Waals surface area contributed by atoms with Crippen molar-refractivity contribution in [1.29, 1.82) is 0 Å². The Morgan fingerprint density at radius 3 is 3.07 bits per heavy atom. The lowest BCUT2D eigenvalue weighted by molar-refractivity contribution is 0.0643. The first-order valence-electron chi connectivity index (χ1n) is 5.02. The summed E-state index contributed by atoms with van der Waals surface area (Å²) in [6, 6.07) is 3.94. The number of rotatable bonds is 6. The van der Waals surface area contributed by atoms with Gasteiger partial charge in [-0.1, -0.05) is 6.07 Å². The number of aryl methyl sites for hydroxylation is 1. The summed E-state index contributed by atoms with van der Waals surface area (Å²) in [6.45, 7) is 3.57. The quantitative estimate of drug-likeness (QED) is 0.717. The number of aliphatic hydroxyl groups excluding tert-OH is 1. The Morgan fingerprint density at radius 1 is 1.60 bits per heavy atom. The molecule has 1 heterocycles. The van der Waals surface area contributed by atoms with Crippen LogP contribution in [0.15, 0.2) is 18.3 Å². The van der Waals surface area contributed by atoms with Gasteiger partial charge in [-0.2, -0.15) is 0 Å². The predicted octanol–water partition coefficient (Wildman–Crippen LogP) is 0.487. The molecule has 0 bridgehead atoms. The zero-order valence-corrected chi connectivity index (χ0v) is 9.23. The summed E-state index contributed by atoms with van der Waals surface area (Å²) < 4.78 is 4.82. The lowest BCUT2D eigenvalue weighted by Crippen LogP contribution is -2.30. The van der Waals surface area contributed by atoms with Gasteiger partial charge in [0.2, 0.25) is 0 Å². The van der Waals surface area contributed by atoms with Crippen molar-refractivity contribution >= 4 is 0 Å². The van der Waals surface area contributed by atoms with Gasteiger partial charge in [0, 0.05) is 26.4 Å². The molecule has 0 fully saturated rings. The van der Waals surface area contributed by atoms with Crippen molar-refractivity contribution in [2.24, 2.45) is 0 Å². The Kier molecular flexibility index (Phi) is 5.25. The molecule has 0 amide bonds. The maximum Gasteiger partial charge on any atom is 0.0897 e. The van der Waals surface area contributed by atoms with E-state index in [0.717, 1.165) is 11.3 Å². The Balaban J connectivity index is 2.29. The molecular weight excluding hydrogens is 192 g/mol. The smallest absolute Gasteiger partial charge is 0.0897 e. The highest BCUT2D eigenvalue weighted by atomic mass is 16.5. The number of hydrogen-bond acceptors (Lipinski definition) is 4. The number of hydrogen-bond donors (Lipinski definition) is 2. The van der Waals surface area contributed by atoms with E-state index in [0.29, 0.717) is 19.7 Å². The number of methoxy groups -OCH3 is 1. The van der Waals surface area contributed by atoms with Crippen molar-refractivity contribution < 1.29 is 9.84 Å². The number of aromatic nitrogens is 1. The minimum Gasteiger partial charge on any atom is -0.389 e. The summed E-state index contributed by atoms with van der Waals surface area (Å²) >= 11 is 0. The van der Waals surface area contributed by atoms with Crippen LogP contribution in [-0.2, 0) is 11.3 Å². The van der Waals surface area contributed by atoms with E-state index in [1.54, 1.807) is 13.3 Å². The Labute approximate surface area is 90.3 Å². The highest BCUT2D eigenvalue weighted by molar-refractivity contribution is 5.17. The number of nitrogens with zero attached hydrogens (tertiary/aromatic N) is 1. The maximum absolute atomic E-state index is 9.39. The van der Waals surface area contributed by atoms with Crippen LogP contribution < -0.4 is 5.32 Å². The van der Waals surface area contributed by atoms with Gasteiger partial charge in [0.05, 0.1) is 18.4 Å². The molecule has 1 aromatic rings. The molecule has 0 saturated heterocycles. The lowest BCUT2D eigenvalue weighted by Gasteiger charge is -2.11. The van der Waals surface area contributed by atoms with E-state index in [9.17, 15) is 5.11 Å². The van der Waals surface area contributed by atoms with E-state index in [-0.39, 0.29) is 0 Å². The topological polar surface area (TPSA) is 54.4 Å². The number of nitrogens with one attached hydrogen (secondary N) is 1. The Hall–Kier alpha value is -0.970. The SMILES string of the molecule is COCC(O)CNCc1ncccc1C. The van der Waals surface area contributed by atoms with Gasteiger partial charge in [-0.15, -0.1) is 0 Å². The van der Waals surface area contributed by atoms with Gasteiger partial charge >= 0.3 is 0 Å². The van der Waals surface area contributed by atoms with Gasteiger partial charge in [-0.3, -0.25) is 4.98 Å². The largest absolute Gasteiger partial charge is 0.389 e. The van der Waals surface area contributed by atoms with Gasteiger partial charge < -0.3 is 15.2 Å². The van der Waals surface area contributed by atoms with E-state index in [1.165, 1.54) is 0 Å². The monoisotopic (exact) mass is 210 g/mol. The van der Waals surface area contributed by atoms with Crippen molar-refractivity contribution in [2.75, 3.05) is 20.3 Å². The van der Waals surface area contributed by atoms with Crippen molar-refractivity contribution in [3.8, 4) is 0 Å². The standard InChI is InChI=1S/C11H18N2O2/c1-9-4-3-5-13-11(9)7-12-6-10(14)8-15-2/h3-5,10,12,14H,6-8H2,1-2H3. The zero-order chi connectivity index (χ0) is 11.1. The fourth-order valence-corrected chi connectivity index (χ4v) is 1.31. The highest BCUT2D eigenvalue weighted by Gasteiger charge is 2.03. The Bertz CT molecular complexity index is 292. The first kappa shape index (κ1) is 12.1. The van der Waals surface area contributed by atoms with Crippen LogP contribution >= 0.6 is 0 Å². The van der Waals surface area contributed by atoms with Gasteiger partial charge in [0.15, 0.2) is 0 Å². The summed E-state index contributed by atoms with van der Waals surface area (Å²) in [4.78, 5) is 4.25. The molecule has 0 radical (unpaired) electrons. The average Bonchev–Trinajstić information content (AvgIpc) is 2.21. The minimum absolute atomic E-state index is 0.355. The highest BCUT2D eigenvalue weighted by Crippen LogP contribution is 2.01. The van der Waals surface area contributed by atoms with E-state index in [2.05, 4.69) is 10.3 Å². The number of ether oxygens (including phenoxy) is 1. The first-order valence-corrected chi connectivity index (χ1v) is 5.02. The molecular formula is C11H18N2O2. The van der Waals surface area contributed by atoms with Crippen molar-refractivity contribution in [3.63, 3.8) is 0 Å². The van der Waals surface area contributed by atoms with Gasteiger partial charge in [0.1, 0.15) is 0 Å². The van der Waals surface area contributed by atoms with Crippen LogP contribution in [0, 0.1) is 6.92 Å². The second kappa shape index (κ2) is 6.50. The van der Waals surface area contributed by atoms with Crippen LogP contribution in [0.4, 0.5) is 0 Å². The molecule has 2 N–H and O–H groups in total. The van der Waals surface area contributed by atoms with Gasteiger partial charge in [-0.05, 0) is 18.6 Å². The molecule has 84 valence electrons. The average molecular weight is 210 g/mol. The molecule has 1 rings (SSSR count). The fraction of sp³-hybridized carbons (Fsp3) is 0.545. The minimum atomic E-state index is -0.459. The summed E-state index contributed by atoms with van der Waals surface area (Å²) in [5.74, 6) is 0. The first-order chi connectivity index (χ1) is 7.24. The third-order valence-electron chi connectivity index (χ3n) is 2.15. The molecule has 0 aliphatic heterocycles. The van der Waals surface area contributed by atoms with Crippen molar-refractivity contribution in [2.45, 2.75) is 19.6 Å². The molecule has 1 aromatic heterocycles. The van der Waals surface area contributed by atoms with E-state index in [1.807, 2.05) is 19.1 Å². The molecule has 4 heteroatoms. The number of aliphatic hydroxyl groups is 1. The fourth-order valence-electron chi connectivity index (χ4n) is 1.31. The summed E-state index contributed by atoms with van der Waals surface area (Å²) in [5, 5.41) is 12.5. The molecule has 0 aromatic carbocycles. The van der Waals surface area contributed by atoms with Crippen molar-refractivity contribution in [3.05, 3.63) is 29.6 Å². The van der Waals surface area contributed by atoms with Crippen LogP contribution in [0.3, 0.4) is 0 Å². The molecule has 1 unspecified atom stereocenters. The molecule has 0 spiro atoms. The van der Waals surface area contributed by atoms with Crippen LogP contribution in [0.2, 0.25) is 0 Å². The summed E-state index contributed by atoms with van der Waals surface area (Å²) in [6.07, 6.45) is 1.31. The molecule has 0 aliphatic rings. The van der Waals surface area contributed by atoms with Crippen LogP contribution in [0.5, 0.6) is 0 Å². The van der Waals surface area contributed by atoms with Crippen LogP contribution in [0.25, 0.3) is 0 Å². The molecule has 4 nitrogen and oxygen atoms in total. The normalized spacial score (nSPS) is 12.7. The maximum atomic E-state index is 9.39. The second-order valence-electron chi connectivity index (χ2n) is 3.51. The summed E-state index contributed by atoms with van der Waals surface area (Å²) in [7, 11) is 1.58.